The Kier molecular flexibility index (Phi) is 6.31. The number of aliphatic imine (C=N–C) groups is 2. The molecular weight excluding hydrogens is 366 g/mol. The molecule has 0 saturated carbocycles. The van der Waals surface area contributed by atoms with E-state index in [4.69, 9.17) is 9.98 Å². The summed E-state index contributed by atoms with van der Waals surface area (Å²) < 4.78 is 0. The minimum atomic E-state index is 0.0380. The first-order valence-corrected chi connectivity index (χ1v) is 10.4. The Bertz CT molecular complexity index is 981. The molecule has 0 saturated heterocycles. The molecule has 0 radical (unpaired) electrons. The normalized spacial score (nSPS) is 12.7. The van der Waals surface area contributed by atoms with Crippen LogP contribution in [0.1, 0.15) is 64.1 Å². The van der Waals surface area contributed by atoms with Crippen LogP contribution >= 0.6 is 0 Å². The van der Waals surface area contributed by atoms with Crippen molar-refractivity contribution >= 4 is 23.8 Å². The van der Waals surface area contributed by atoms with Crippen LogP contribution in [-0.4, -0.2) is 17.4 Å². The molecule has 3 rings (SSSR count). The molecular formula is C27H31N3. The molecule has 0 amide bonds. The van der Waals surface area contributed by atoms with Crippen molar-refractivity contribution in [2.24, 2.45) is 9.98 Å². The van der Waals surface area contributed by atoms with Gasteiger partial charge in [0.1, 0.15) is 0 Å². The number of nitrogens with zero attached hydrogens (tertiary/aromatic N) is 3. The lowest BCUT2D eigenvalue weighted by Gasteiger charge is -2.20. The van der Waals surface area contributed by atoms with Gasteiger partial charge in [-0.05, 0) is 46.2 Å². The van der Waals surface area contributed by atoms with Gasteiger partial charge in [0.05, 0.1) is 35.2 Å². The molecule has 1 heterocycles. The van der Waals surface area contributed by atoms with Crippen LogP contribution in [0.4, 0.5) is 11.4 Å². The largest absolute Gasteiger partial charge is 0.254 e. The second-order valence-corrected chi connectivity index (χ2v) is 9.54. The summed E-state index contributed by atoms with van der Waals surface area (Å²) >= 11 is 0. The SMILES string of the molecule is CC(C)(C)c1ccccc1/N=C/c1cccc(/C=N/c2ccccc2C(C)(C)C)n1. The third kappa shape index (κ3) is 5.50. The van der Waals surface area contributed by atoms with E-state index in [2.05, 4.69) is 70.8 Å². The van der Waals surface area contributed by atoms with E-state index in [9.17, 15) is 0 Å². The van der Waals surface area contributed by atoms with E-state index in [1.807, 2.05) is 54.9 Å². The first-order valence-electron chi connectivity index (χ1n) is 10.4. The monoisotopic (exact) mass is 397 g/mol. The van der Waals surface area contributed by atoms with Crippen LogP contribution in [0.2, 0.25) is 0 Å². The molecule has 0 fully saturated rings. The second kappa shape index (κ2) is 8.74. The van der Waals surface area contributed by atoms with Crippen molar-refractivity contribution in [1.82, 2.24) is 4.98 Å². The van der Waals surface area contributed by atoms with Gasteiger partial charge in [-0.15, -0.1) is 0 Å². The van der Waals surface area contributed by atoms with Gasteiger partial charge in [0.15, 0.2) is 0 Å². The van der Waals surface area contributed by atoms with Crippen LogP contribution in [0.5, 0.6) is 0 Å². The van der Waals surface area contributed by atoms with Crippen molar-refractivity contribution < 1.29 is 0 Å². The molecule has 2 aromatic carbocycles. The zero-order valence-corrected chi connectivity index (χ0v) is 18.8. The van der Waals surface area contributed by atoms with Gasteiger partial charge < -0.3 is 0 Å². The lowest BCUT2D eigenvalue weighted by molar-refractivity contribution is 0.591. The second-order valence-electron chi connectivity index (χ2n) is 9.54. The van der Waals surface area contributed by atoms with E-state index < -0.39 is 0 Å². The highest BCUT2D eigenvalue weighted by Crippen LogP contribution is 2.32. The fourth-order valence-electron chi connectivity index (χ4n) is 3.32. The van der Waals surface area contributed by atoms with Crippen LogP contribution in [0.3, 0.4) is 0 Å². The van der Waals surface area contributed by atoms with E-state index in [1.165, 1.54) is 11.1 Å². The Morgan fingerprint density at radius 2 is 0.967 bits per heavy atom. The summed E-state index contributed by atoms with van der Waals surface area (Å²) in [5.41, 5.74) is 6.09. The van der Waals surface area contributed by atoms with Crippen molar-refractivity contribution in [3.63, 3.8) is 0 Å². The van der Waals surface area contributed by atoms with E-state index in [0.29, 0.717) is 0 Å². The molecule has 0 atom stereocenters. The van der Waals surface area contributed by atoms with Crippen LogP contribution < -0.4 is 0 Å². The maximum Gasteiger partial charge on any atom is 0.0820 e. The number of para-hydroxylation sites is 2. The molecule has 0 spiro atoms. The van der Waals surface area contributed by atoms with Gasteiger partial charge >= 0.3 is 0 Å². The maximum absolute atomic E-state index is 4.72. The third-order valence-electron chi connectivity index (χ3n) is 4.89. The predicted octanol–water partition coefficient (Wildman–Crippen LogP) is 7.18. The molecule has 0 bridgehead atoms. The summed E-state index contributed by atoms with van der Waals surface area (Å²) in [5.74, 6) is 0. The number of hydrogen-bond acceptors (Lipinski definition) is 3. The molecule has 0 aliphatic heterocycles. The molecule has 0 N–H and O–H groups in total. The Balaban J connectivity index is 1.85. The summed E-state index contributed by atoms with van der Waals surface area (Å²) in [4.78, 5) is 14.1. The number of hydrogen-bond donors (Lipinski definition) is 0. The first kappa shape index (κ1) is 21.6. The Morgan fingerprint density at radius 3 is 1.37 bits per heavy atom. The number of rotatable bonds is 4. The highest BCUT2D eigenvalue weighted by molar-refractivity contribution is 5.84. The highest BCUT2D eigenvalue weighted by Gasteiger charge is 2.17. The molecule has 3 aromatic rings. The maximum atomic E-state index is 4.72. The average molecular weight is 398 g/mol. The van der Waals surface area contributed by atoms with Crippen molar-refractivity contribution in [3.8, 4) is 0 Å². The Labute approximate surface area is 180 Å². The van der Waals surface area contributed by atoms with Gasteiger partial charge in [-0.25, -0.2) is 4.98 Å². The van der Waals surface area contributed by atoms with Crippen LogP contribution in [0, 0.1) is 0 Å². The highest BCUT2D eigenvalue weighted by atomic mass is 14.8. The summed E-state index contributed by atoms with van der Waals surface area (Å²) in [7, 11) is 0. The zero-order chi connectivity index (χ0) is 21.8. The predicted molar refractivity (Wildman–Crippen MR) is 129 cm³/mol. The summed E-state index contributed by atoms with van der Waals surface area (Å²) in [6.45, 7) is 13.2. The lowest BCUT2D eigenvalue weighted by Crippen LogP contribution is -2.11. The van der Waals surface area contributed by atoms with Gasteiger partial charge in [-0.1, -0.05) is 84.0 Å². The molecule has 3 nitrogen and oxygen atoms in total. The summed E-state index contributed by atoms with van der Waals surface area (Å²) in [5, 5.41) is 0. The molecule has 1 aromatic heterocycles. The quantitative estimate of drug-likeness (QED) is 0.430. The van der Waals surface area contributed by atoms with E-state index in [1.54, 1.807) is 0 Å². The van der Waals surface area contributed by atoms with Crippen molar-refractivity contribution in [2.75, 3.05) is 0 Å². The Morgan fingerprint density at radius 1 is 0.567 bits per heavy atom. The molecule has 0 unspecified atom stereocenters. The Hall–Kier alpha value is -3.07. The van der Waals surface area contributed by atoms with Crippen LogP contribution in [0.15, 0.2) is 76.7 Å². The molecule has 0 aliphatic rings. The molecule has 30 heavy (non-hydrogen) atoms. The number of benzene rings is 2. The molecule has 154 valence electrons. The standard InChI is InChI=1S/C27H31N3/c1-26(2,3)22-14-7-9-16-24(22)28-18-20-12-11-13-21(30-20)19-29-25-17-10-8-15-23(25)27(4,5)6/h7-19H,1-6H3/b28-18+,29-19+. The van der Waals surface area contributed by atoms with Gasteiger partial charge in [0, 0.05) is 0 Å². The smallest absolute Gasteiger partial charge is 0.0820 e. The van der Waals surface area contributed by atoms with Gasteiger partial charge in [-0.2, -0.15) is 0 Å². The first-order chi connectivity index (χ1) is 14.1. The summed E-state index contributed by atoms with van der Waals surface area (Å²) in [6.07, 6.45) is 3.65. The van der Waals surface area contributed by atoms with Gasteiger partial charge in [-0.3, -0.25) is 9.98 Å². The fraction of sp³-hybridized carbons (Fsp3) is 0.296. The van der Waals surface area contributed by atoms with Crippen LogP contribution in [0.25, 0.3) is 0 Å². The minimum Gasteiger partial charge on any atom is -0.254 e. The van der Waals surface area contributed by atoms with Crippen molar-refractivity contribution in [2.45, 2.75) is 52.4 Å². The van der Waals surface area contributed by atoms with Crippen molar-refractivity contribution in [3.05, 3.63) is 89.2 Å². The molecule has 3 heteroatoms. The third-order valence-corrected chi connectivity index (χ3v) is 4.89. The fourth-order valence-corrected chi connectivity index (χ4v) is 3.32. The van der Waals surface area contributed by atoms with Crippen molar-refractivity contribution in [1.29, 1.82) is 0 Å². The van der Waals surface area contributed by atoms with E-state index in [-0.39, 0.29) is 10.8 Å². The minimum absolute atomic E-state index is 0.0380. The number of pyridine rings is 1. The summed E-state index contributed by atoms with van der Waals surface area (Å²) in [6, 6.07) is 22.4. The van der Waals surface area contributed by atoms with Crippen LogP contribution in [-0.2, 0) is 10.8 Å². The zero-order valence-electron chi connectivity index (χ0n) is 18.8. The van der Waals surface area contributed by atoms with E-state index >= 15 is 0 Å². The topological polar surface area (TPSA) is 37.6 Å². The molecule has 0 aliphatic carbocycles. The van der Waals surface area contributed by atoms with E-state index in [0.717, 1.165) is 22.8 Å². The van der Waals surface area contributed by atoms with Gasteiger partial charge in [0.25, 0.3) is 0 Å². The average Bonchev–Trinajstić information content (AvgIpc) is 2.70. The lowest BCUT2D eigenvalue weighted by atomic mass is 9.86. The number of aromatic nitrogens is 1. The van der Waals surface area contributed by atoms with Gasteiger partial charge in [0.2, 0.25) is 0 Å².